The molecule has 1 fully saturated rings. The highest BCUT2D eigenvalue weighted by atomic mass is 79.9. The molecule has 46 heavy (non-hydrogen) atoms. The second-order valence-electron chi connectivity index (χ2n) is 11.8. The van der Waals surface area contributed by atoms with Crippen molar-refractivity contribution in [1.29, 1.82) is 0 Å². The quantitative estimate of drug-likeness (QED) is 0.242. The van der Waals surface area contributed by atoms with E-state index in [4.69, 9.17) is 4.74 Å². The van der Waals surface area contributed by atoms with E-state index in [9.17, 15) is 21.6 Å². The third-order valence-electron chi connectivity index (χ3n) is 7.09. The molecule has 1 aromatic heterocycles. The topological polar surface area (TPSA) is 168 Å². The number of amides is 1. The van der Waals surface area contributed by atoms with Crippen molar-refractivity contribution in [1.82, 2.24) is 34.6 Å². The van der Waals surface area contributed by atoms with E-state index < -0.39 is 47.6 Å². The number of carbonyl (C=O) groups excluding carboxylic acids is 1. The number of nitrogens with one attached hydrogen (secondary N) is 2. The van der Waals surface area contributed by atoms with Gasteiger partial charge in [-0.25, -0.2) is 26.4 Å². The second-order valence-corrected chi connectivity index (χ2v) is 16.2. The summed E-state index contributed by atoms with van der Waals surface area (Å²) in [6, 6.07) is 20.0. The van der Waals surface area contributed by atoms with Crippen molar-refractivity contribution in [3.05, 3.63) is 88.4 Å². The Kier molecular flexibility index (Phi) is 9.93. The lowest BCUT2D eigenvalue weighted by molar-refractivity contribution is 0.0292. The number of ether oxygens (including phenoxy) is 1. The number of H-pyrrole nitrogens is 1. The number of likely N-dealkylation sites (tertiary alicyclic amines) is 1. The van der Waals surface area contributed by atoms with Crippen LogP contribution < -0.4 is 4.72 Å². The van der Waals surface area contributed by atoms with Gasteiger partial charge in [-0.15, -0.1) is 10.2 Å². The monoisotopic (exact) mass is 731 g/mol. The van der Waals surface area contributed by atoms with E-state index >= 15 is 0 Å². The van der Waals surface area contributed by atoms with Gasteiger partial charge in [-0.05, 0) is 71.6 Å². The Balaban J connectivity index is 1.58. The molecule has 0 saturated carbocycles. The van der Waals surface area contributed by atoms with Crippen LogP contribution in [0.3, 0.4) is 0 Å². The predicted molar refractivity (Wildman–Crippen MR) is 173 cm³/mol. The smallest absolute Gasteiger partial charge is 0.410 e. The van der Waals surface area contributed by atoms with Gasteiger partial charge in [0.05, 0.1) is 5.56 Å². The molecule has 1 unspecified atom stereocenters. The minimum atomic E-state index is -4.59. The van der Waals surface area contributed by atoms with Gasteiger partial charge in [-0.1, -0.05) is 60.7 Å². The summed E-state index contributed by atoms with van der Waals surface area (Å²) in [6.45, 7) is 5.47. The highest BCUT2D eigenvalue weighted by molar-refractivity contribution is 9.10. The normalized spacial score (nSPS) is 15.8. The lowest BCUT2D eigenvalue weighted by Gasteiger charge is -2.26. The molecule has 0 radical (unpaired) electrons. The van der Waals surface area contributed by atoms with E-state index in [-0.39, 0.29) is 42.0 Å². The molecule has 5 rings (SSSR count). The van der Waals surface area contributed by atoms with Crippen molar-refractivity contribution in [2.45, 2.75) is 61.7 Å². The first-order chi connectivity index (χ1) is 21.7. The zero-order chi connectivity index (χ0) is 33.1. The van der Waals surface area contributed by atoms with E-state index in [0.29, 0.717) is 17.5 Å². The molecule has 3 aromatic carbocycles. The largest absolute Gasteiger partial charge is 0.444 e. The number of tetrazole rings is 1. The Morgan fingerprint density at radius 2 is 1.61 bits per heavy atom. The number of carbonyl (C=O) groups is 1. The van der Waals surface area contributed by atoms with Gasteiger partial charge in [0.1, 0.15) is 15.4 Å². The molecule has 0 bridgehead atoms. The maximum atomic E-state index is 14.8. The molecule has 16 heteroatoms. The van der Waals surface area contributed by atoms with Crippen LogP contribution in [-0.4, -0.2) is 77.5 Å². The summed E-state index contributed by atoms with van der Waals surface area (Å²) in [7, 11) is -9.08. The number of nitrogens with zero attached hydrogens (tertiary/aromatic N) is 5. The molecule has 1 aliphatic heterocycles. The second kappa shape index (κ2) is 13.6. The van der Waals surface area contributed by atoms with Gasteiger partial charge in [0.25, 0.3) is 0 Å². The Labute approximate surface area is 276 Å². The van der Waals surface area contributed by atoms with Gasteiger partial charge < -0.3 is 9.64 Å². The van der Waals surface area contributed by atoms with E-state index in [1.165, 1.54) is 21.3 Å². The lowest BCUT2D eigenvalue weighted by atomic mass is 10.2. The Hall–Kier alpha value is -3.70. The fourth-order valence-corrected chi connectivity index (χ4v) is 9.36. The summed E-state index contributed by atoms with van der Waals surface area (Å²) in [6.07, 6.45) is -0.249. The number of halogens is 1. The first-order valence-electron chi connectivity index (χ1n) is 14.4. The average molecular weight is 733 g/mol. The Morgan fingerprint density at radius 3 is 2.15 bits per heavy atom. The summed E-state index contributed by atoms with van der Waals surface area (Å²) in [5.74, 6) is -0.112. The zero-order valence-electron chi connectivity index (χ0n) is 25.4. The van der Waals surface area contributed by atoms with Crippen LogP contribution in [0.4, 0.5) is 4.79 Å². The highest BCUT2D eigenvalue weighted by Crippen LogP contribution is 2.39. The van der Waals surface area contributed by atoms with Crippen LogP contribution in [0.25, 0.3) is 11.4 Å². The number of hydrogen-bond acceptors (Lipinski definition) is 9. The molecule has 0 spiro atoms. The Bertz CT molecular complexity index is 1850. The van der Waals surface area contributed by atoms with Crippen LogP contribution in [0.5, 0.6) is 0 Å². The zero-order valence-corrected chi connectivity index (χ0v) is 28.6. The summed E-state index contributed by atoms with van der Waals surface area (Å²) < 4.78 is 67.5. The molecule has 2 heterocycles. The van der Waals surface area contributed by atoms with Crippen LogP contribution in [0.2, 0.25) is 0 Å². The maximum Gasteiger partial charge on any atom is 0.410 e. The predicted octanol–water partition coefficient (Wildman–Crippen LogP) is 4.31. The fourth-order valence-electron chi connectivity index (χ4n) is 5.04. The van der Waals surface area contributed by atoms with Gasteiger partial charge >= 0.3 is 6.09 Å². The van der Waals surface area contributed by atoms with Gasteiger partial charge in [-0.3, -0.25) is 0 Å². The fraction of sp³-hybridized carbons (Fsp3) is 0.333. The number of hydrogen-bond donors (Lipinski definition) is 2. The molecular weight excluding hydrogens is 698 g/mol. The molecule has 13 nitrogen and oxygen atoms in total. The number of sulfonamides is 2. The van der Waals surface area contributed by atoms with Gasteiger partial charge in [0.2, 0.25) is 25.9 Å². The van der Waals surface area contributed by atoms with Gasteiger partial charge in [0.15, 0.2) is 0 Å². The average Bonchev–Trinajstić information content (AvgIpc) is 3.69. The molecule has 1 aliphatic rings. The van der Waals surface area contributed by atoms with Gasteiger partial charge in [-0.2, -0.15) is 9.52 Å². The highest BCUT2D eigenvalue weighted by Gasteiger charge is 2.39. The number of aromatic nitrogens is 4. The Morgan fingerprint density at radius 1 is 1.00 bits per heavy atom. The van der Waals surface area contributed by atoms with E-state index in [1.807, 2.05) is 12.1 Å². The molecule has 244 valence electrons. The van der Waals surface area contributed by atoms with Crippen LogP contribution in [0.15, 0.2) is 87.1 Å². The molecule has 1 saturated heterocycles. The van der Waals surface area contributed by atoms with Crippen LogP contribution in [-0.2, 0) is 37.9 Å². The molecular formula is C30H34BrN7O6S2. The molecule has 1 atom stereocenters. The third-order valence-corrected chi connectivity index (χ3v) is 11.3. The van der Waals surface area contributed by atoms with Crippen molar-refractivity contribution in [3.63, 3.8) is 0 Å². The summed E-state index contributed by atoms with van der Waals surface area (Å²) in [4.78, 5) is 13.1. The summed E-state index contributed by atoms with van der Waals surface area (Å²) in [5, 5.41) is 13.9. The van der Waals surface area contributed by atoms with E-state index in [0.717, 1.165) is 0 Å². The van der Waals surface area contributed by atoms with Crippen LogP contribution in [0, 0.1) is 0 Å². The van der Waals surface area contributed by atoms with Crippen molar-refractivity contribution < 1.29 is 26.4 Å². The standard InChI is InChI=1S/C30H34BrN7O6S2/c1-30(2,3)44-29(39)37-17-16-23(20-37)34-45(40,41)25-15-14-24(31)26(28-32-35-36-33-28)27(25)46(42,43)38(18-21-10-6-4-7-11-21)19-22-12-8-5-9-13-22/h4-15,23,34H,16-20H2,1-3H3,(H,32,33,35,36). The van der Waals surface area contributed by atoms with Crippen molar-refractivity contribution in [2.75, 3.05) is 13.1 Å². The molecule has 1 amide bonds. The van der Waals surface area contributed by atoms with Gasteiger partial charge in [0, 0.05) is 36.7 Å². The minimum Gasteiger partial charge on any atom is -0.444 e. The van der Waals surface area contributed by atoms with Crippen LogP contribution >= 0.6 is 15.9 Å². The summed E-state index contributed by atoms with van der Waals surface area (Å²) >= 11 is 3.40. The number of benzene rings is 3. The molecule has 4 aromatic rings. The molecule has 0 aliphatic carbocycles. The first-order valence-corrected chi connectivity index (χ1v) is 18.1. The summed E-state index contributed by atoms with van der Waals surface area (Å²) in [5.41, 5.74) is 0.624. The van der Waals surface area contributed by atoms with Crippen molar-refractivity contribution >= 4 is 42.1 Å². The van der Waals surface area contributed by atoms with E-state index in [2.05, 4.69) is 41.3 Å². The van der Waals surface area contributed by atoms with Crippen LogP contribution in [0.1, 0.15) is 38.3 Å². The maximum absolute atomic E-state index is 14.8. The third kappa shape index (κ3) is 7.81. The first kappa shape index (κ1) is 33.7. The van der Waals surface area contributed by atoms with Crippen molar-refractivity contribution in [2.24, 2.45) is 0 Å². The molecule has 2 N–H and O–H groups in total. The SMILES string of the molecule is CC(C)(C)OC(=O)N1CCC(NS(=O)(=O)c2ccc(Br)c(-c3nn[nH]n3)c2S(=O)(=O)N(Cc2ccccc2)Cc2ccccc2)C1. The number of rotatable bonds is 10. The van der Waals surface area contributed by atoms with E-state index in [1.54, 1.807) is 69.3 Å². The number of aromatic amines is 1. The van der Waals surface area contributed by atoms with Crippen molar-refractivity contribution in [3.8, 4) is 11.4 Å². The lowest BCUT2D eigenvalue weighted by Crippen LogP contribution is -2.41. The minimum absolute atomic E-state index is 0.0450.